The third kappa shape index (κ3) is 4.67. The van der Waals surface area contributed by atoms with Crippen LogP contribution in [0.25, 0.3) is 32.2 Å². The van der Waals surface area contributed by atoms with E-state index in [2.05, 4.69) is 20.8 Å². The van der Waals surface area contributed by atoms with Crippen molar-refractivity contribution >= 4 is 44.3 Å². The Hall–Kier alpha value is -4.37. The fourth-order valence-electron chi connectivity index (χ4n) is 3.74. The predicted molar refractivity (Wildman–Crippen MR) is 136 cm³/mol. The highest BCUT2D eigenvalue weighted by atomic mass is 32.1. The van der Waals surface area contributed by atoms with E-state index in [4.69, 9.17) is 0 Å². The number of benzene rings is 2. The van der Waals surface area contributed by atoms with E-state index in [1.165, 1.54) is 22.2 Å². The van der Waals surface area contributed by atoms with Crippen LogP contribution in [0.15, 0.2) is 77.2 Å². The number of para-hydroxylation sites is 1. The average molecular weight is 484 g/mol. The van der Waals surface area contributed by atoms with Gasteiger partial charge in [0.2, 0.25) is 5.91 Å². The summed E-state index contributed by atoms with van der Waals surface area (Å²) in [5, 5.41) is 3.38. The van der Waals surface area contributed by atoms with Crippen molar-refractivity contribution in [2.24, 2.45) is 0 Å². The van der Waals surface area contributed by atoms with Crippen LogP contribution in [0.1, 0.15) is 22.5 Å². The van der Waals surface area contributed by atoms with Crippen molar-refractivity contribution in [2.75, 3.05) is 0 Å². The topological polar surface area (TPSA) is 106 Å². The molecule has 174 valence electrons. The molecule has 0 bridgehead atoms. The molecular formula is C26H21N5O3S. The average Bonchev–Trinajstić information content (AvgIpc) is 3.32. The van der Waals surface area contributed by atoms with Crippen LogP contribution in [-0.2, 0) is 11.3 Å². The van der Waals surface area contributed by atoms with E-state index >= 15 is 0 Å². The van der Waals surface area contributed by atoms with Gasteiger partial charge in [0.25, 0.3) is 11.5 Å². The van der Waals surface area contributed by atoms with Crippen LogP contribution in [0.3, 0.4) is 0 Å². The lowest BCUT2D eigenvalue weighted by molar-refractivity contribution is -0.122. The van der Waals surface area contributed by atoms with Gasteiger partial charge in [-0.1, -0.05) is 54.1 Å². The Labute approximate surface area is 204 Å². The standard InChI is InChI=1S/C26H21N5O3S/c1-16-6-8-17(9-7-16)19-14-35-25-23(19)26(34)31(15-27-25)13-12-22(32)29-30-24(33)21-11-10-18-4-2-3-5-20(18)28-21/h2-11,14-15H,12-13H2,1H3,(H,29,32)(H,30,33). The Morgan fingerprint density at radius 3 is 2.63 bits per heavy atom. The van der Waals surface area contributed by atoms with Crippen molar-refractivity contribution in [3.63, 3.8) is 0 Å². The SMILES string of the molecule is Cc1ccc(-c2csc3ncn(CCC(=O)NNC(=O)c4ccc5ccccc5n4)c(=O)c23)cc1. The number of nitrogens with zero attached hydrogens (tertiary/aromatic N) is 3. The van der Waals surface area contributed by atoms with Crippen LogP contribution < -0.4 is 16.4 Å². The van der Waals surface area contributed by atoms with E-state index in [0.29, 0.717) is 15.7 Å². The van der Waals surface area contributed by atoms with Crippen molar-refractivity contribution in [2.45, 2.75) is 19.9 Å². The summed E-state index contributed by atoms with van der Waals surface area (Å²) in [6, 6.07) is 18.8. The summed E-state index contributed by atoms with van der Waals surface area (Å²) in [6.07, 6.45) is 1.44. The molecule has 0 aliphatic carbocycles. The highest BCUT2D eigenvalue weighted by Crippen LogP contribution is 2.30. The quantitative estimate of drug-likeness (QED) is 0.370. The van der Waals surface area contributed by atoms with Gasteiger partial charge in [0.1, 0.15) is 10.5 Å². The zero-order valence-corrected chi connectivity index (χ0v) is 19.6. The Morgan fingerprint density at radius 2 is 1.80 bits per heavy atom. The van der Waals surface area contributed by atoms with Crippen LogP contribution in [0.2, 0.25) is 0 Å². The molecule has 0 aliphatic heterocycles. The summed E-state index contributed by atoms with van der Waals surface area (Å²) in [7, 11) is 0. The molecule has 0 aliphatic rings. The number of hydrazine groups is 1. The van der Waals surface area contributed by atoms with E-state index in [0.717, 1.165) is 22.1 Å². The number of amides is 2. The predicted octanol–water partition coefficient (Wildman–Crippen LogP) is 3.83. The molecule has 0 unspecified atom stereocenters. The summed E-state index contributed by atoms with van der Waals surface area (Å²) >= 11 is 1.41. The van der Waals surface area contributed by atoms with Gasteiger partial charge in [-0.05, 0) is 24.6 Å². The smallest absolute Gasteiger partial charge is 0.288 e. The second-order valence-electron chi connectivity index (χ2n) is 8.08. The molecule has 5 aromatic rings. The second kappa shape index (κ2) is 9.47. The molecule has 3 aromatic heterocycles. The van der Waals surface area contributed by atoms with Crippen LogP contribution in [0.5, 0.6) is 0 Å². The Morgan fingerprint density at radius 1 is 1.00 bits per heavy atom. The molecule has 0 saturated carbocycles. The monoisotopic (exact) mass is 483 g/mol. The molecule has 0 atom stereocenters. The fraction of sp³-hybridized carbons (Fsp3) is 0.115. The molecule has 0 fully saturated rings. The third-order valence-electron chi connectivity index (χ3n) is 5.65. The van der Waals surface area contributed by atoms with Crippen LogP contribution in [0, 0.1) is 6.92 Å². The van der Waals surface area contributed by atoms with E-state index in [-0.39, 0.29) is 24.2 Å². The molecule has 8 nitrogen and oxygen atoms in total. The summed E-state index contributed by atoms with van der Waals surface area (Å²) in [4.78, 5) is 47.2. The first-order valence-electron chi connectivity index (χ1n) is 11.0. The maximum absolute atomic E-state index is 13.1. The van der Waals surface area contributed by atoms with Gasteiger partial charge in [-0.2, -0.15) is 0 Å². The van der Waals surface area contributed by atoms with Crippen LogP contribution in [-0.4, -0.2) is 26.3 Å². The Bertz CT molecular complexity index is 1620. The lowest BCUT2D eigenvalue weighted by Crippen LogP contribution is -2.42. The van der Waals surface area contributed by atoms with Gasteiger partial charge in [-0.3, -0.25) is 29.8 Å². The van der Waals surface area contributed by atoms with Crippen LogP contribution >= 0.6 is 11.3 Å². The number of nitrogens with one attached hydrogen (secondary N) is 2. The number of thiophene rings is 1. The number of rotatable bonds is 5. The summed E-state index contributed by atoms with van der Waals surface area (Å²) in [6.45, 7) is 2.14. The lowest BCUT2D eigenvalue weighted by Gasteiger charge is -2.09. The van der Waals surface area contributed by atoms with Gasteiger partial charge in [0.05, 0.1) is 17.2 Å². The van der Waals surface area contributed by atoms with Crippen LogP contribution in [0.4, 0.5) is 0 Å². The van der Waals surface area contributed by atoms with Gasteiger partial charge < -0.3 is 0 Å². The second-order valence-corrected chi connectivity index (χ2v) is 8.94. The van der Waals surface area contributed by atoms with Crippen molar-refractivity contribution in [1.29, 1.82) is 0 Å². The van der Waals surface area contributed by atoms with Crippen molar-refractivity contribution < 1.29 is 9.59 Å². The molecule has 2 aromatic carbocycles. The number of aryl methyl sites for hydroxylation is 2. The summed E-state index contributed by atoms with van der Waals surface area (Å²) in [5.74, 6) is -0.958. The number of aromatic nitrogens is 3. The van der Waals surface area contributed by atoms with E-state index in [1.54, 1.807) is 12.1 Å². The first-order chi connectivity index (χ1) is 17.0. The molecule has 0 saturated heterocycles. The summed E-state index contributed by atoms with van der Waals surface area (Å²) < 4.78 is 1.42. The fourth-order valence-corrected chi connectivity index (χ4v) is 4.65. The number of pyridine rings is 1. The minimum atomic E-state index is -0.523. The first kappa shape index (κ1) is 22.4. The minimum Gasteiger partial charge on any atom is -0.298 e. The largest absolute Gasteiger partial charge is 0.298 e. The minimum absolute atomic E-state index is 0.0114. The van der Waals surface area contributed by atoms with E-state index < -0.39 is 11.8 Å². The molecular weight excluding hydrogens is 462 g/mol. The number of hydrogen-bond donors (Lipinski definition) is 2. The van der Waals surface area contributed by atoms with Crippen molar-refractivity contribution in [3.05, 3.63) is 94.0 Å². The van der Waals surface area contributed by atoms with Crippen molar-refractivity contribution in [3.8, 4) is 11.1 Å². The van der Waals surface area contributed by atoms with Gasteiger partial charge in [-0.15, -0.1) is 11.3 Å². The highest BCUT2D eigenvalue weighted by molar-refractivity contribution is 7.17. The molecule has 2 amide bonds. The zero-order chi connectivity index (χ0) is 24.4. The number of fused-ring (bicyclic) bond motifs is 2. The molecule has 0 spiro atoms. The maximum Gasteiger partial charge on any atom is 0.288 e. The normalized spacial score (nSPS) is 11.0. The molecule has 5 rings (SSSR count). The first-order valence-corrected chi connectivity index (χ1v) is 11.9. The highest BCUT2D eigenvalue weighted by Gasteiger charge is 2.14. The van der Waals surface area contributed by atoms with Gasteiger partial charge in [-0.25, -0.2) is 9.97 Å². The molecule has 2 N–H and O–H groups in total. The third-order valence-corrected chi connectivity index (χ3v) is 6.54. The van der Waals surface area contributed by atoms with E-state index in [1.807, 2.05) is 60.8 Å². The number of carbonyl (C=O) groups excluding carboxylic acids is 2. The van der Waals surface area contributed by atoms with Gasteiger partial charge >= 0.3 is 0 Å². The number of carbonyl (C=O) groups is 2. The Balaban J connectivity index is 1.25. The Kier molecular flexibility index (Phi) is 6.07. The van der Waals surface area contributed by atoms with Crippen molar-refractivity contribution in [1.82, 2.24) is 25.4 Å². The lowest BCUT2D eigenvalue weighted by atomic mass is 10.1. The molecule has 3 heterocycles. The molecule has 35 heavy (non-hydrogen) atoms. The van der Waals surface area contributed by atoms with Gasteiger partial charge in [0, 0.05) is 29.3 Å². The van der Waals surface area contributed by atoms with E-state index in [9.17, 15) is 14.4 Å². The zero-order valence-electron chi connectivity index (χ0n) is 18.8. The molecule has 9 heteroatoms. The summed E-state index contributed by atoms with van der Waals surface area (Å²) in [5.41, 5.74) is 8.34. The molecule has 0 radical (unpaired) electrons. The maximum atomic E-state index is 13.1. The van der Waals surface area contributed by atoms with Gasteiger partial charge in [0.15, 0.2) is 0 Å². The number of hydrogen-bond acceptors (Lipinski definition) is 6.